The first kappa shape index (κ1) is 15.5. The van der Waals surface area contributed by atoms with Gasteiger partial charge in [-0.2, -0.15) is 0 Å². The molecule has 2 rings (SSSR count). The Morgan fingerprint density at radius 2 is 2.25 bits per heavy atom. The van der Waals surface area contributed by atoms with E-state index in [1.165, 1.54) is 16.3 Å². The summed E-state index contributed by atoms with van der Waals surface area (Å²) >= 11 is 4.80. The van der Waals surface area contributed by atoms with E-state index in [9.17, 15) is 4.79 Å². The van der Waals surface area contributed by atoms with E-state index in [0.29, 0.717) is 0 Å². The van der Waals surface area contributed by atoms with Gasteiger partial charge in [-0.3, -0.25) is 4.79 Å². The van der Waals surface area contributed by atoms with Crippen LogP contribution in [0.2, 0.25) is 0 Å². The Bertz CT molecular complexity index is 592. The number of carboxylic acid groups (broad SMARTS) is 1. The minimum atomic E-state index is -0.808. The second-order valence-electron chi connectivity index (χ2n) is 4.33. The second-order valence-corrected chi connectivity index (χ2v) is 7.58. The van der Waals surface area contributed by atoms with Gasteiger partial charge in [-0.05, 0) is 19.8 Å². The second kappa shape index (κ2) is 7.19. The van der Waals surface area contributed by atoms with Crippen molar-refractivity contribution >= 4 is 40.4 Å². The molecule has 0 spiro atoms. The first-order chi connectivity index (χ1) is 9.58. The Kier molecular flexibility index (Phi) is 5.56. The summed E-state index contributed by atoms with van der Waals surface area (Å²) in [5.74, 6) is -0.0170. The molecule has 2 aromatic rings. The Hall–Kier alpha value is -0.920. The number of aromatic nitrogens is 2. The standard InChI is InChI=1S/C13H16N2O2S3/c1-3-4-11-15-9(6-18-11)7-19-13-14-8(2)10(20-13)5-12(16)17/h6H,3-5,7H2,1-2H3,(H,16,17). The number of thioether (sulfide) groups is 1. The summed E-state index contributed by atoms with van der Waals surface area (Å²) < 4.78 is 0.920. The molecule has 20 heavy (non-hydrogen) atoms. The number of carboxylic acids is 1. The molecule has 1 N–H and O–H groups in total. The maximum atomic E-state index is 10.7. The van der Waals surface area contributed by atoms with Crippen LogP contribution in [0.15, 0.2) is 9.72 Å². The lowest BCUT2D eigenvalue weighted by Crippen LogP contribution is -1.99. The fraction of sp³-hybridized carbons (Fsp3) is 0.462. The summed E-state index contributed by atoms with van der Waals surface area (Å²) in [5, 5.41) is 12.1. The predicted octanol–water partition coefficient (Wildman–Crippen LogP) is 3.78. The Labute approximate surface area is 130 Å². The van der Waals surface area contributed by atoms with Gasteiger partial charge < -0.3 is 5.11 Å². The largest absolute Gasteiger partial charge is 0.481 e. The average molecular weight is 328 g/mol. The Balaban J connectivity index is 1.94. The molecular weight excluding hydrogens is 312 g/mol. The van der Waals surface area contributed by atoms with E-state index in [1.54, 1.807) is 23.1 Å². The lowest BCUT2D eigenvalue weighted by atomic mass is 10.3. The van der Waals surface area contributed by atoms with Crippen LogP contribution >= 0.6 is 34.4 Å². The van der Waals surface area contributed by atoms with Crippen molar-refractivity contribution in [2.24, 2.45) is 0 Å². The molecule has 2 aromatic heterocycles. The van der Waals surface area contributed by atoms with Crippen molar-refractivity contribution in [3.8, 4) is 0 Å². The van der Waals surface area contributed by atoms with Crippen molar-refractivity contribution in [1.29, 1.82) is 0 Å². The van der Waals surface area contributed by atoms with Crippen LogP contribution in [0.5, 0.6) is 0 Å². The van der Waals surface area contributed by atoms with Gasteiger partial charge in [0.1, 0.15) is 0 Å². The average Bonchev–Trinajstić information content (AvgIpc) is 2.95. The van der Waals surface area contributed by atoms with Gasteiger partial charge in [-0.25, -0.2) is 9.97 Å². The zero-order chi connectivity index (χ0) is 14.5. The highest BCUT2D eigenvalue weighted by Gasteiger charge is 2.12. The third kappa shape index (κ3) is 4.29. The molecule has 0 aromatic carbocycles. The number of aryl methyl sites for hydroxylation is 2. The van der Waals surface area contributed by atoms with Gasteiger partial charge in [0.2, 0.25) is 0 Å². The van der Waals surface area contributed by atoms with Gasteiger partial charge in [0, 0.05) is 16.0 Å². The number of hydrogen-bond acceptors (Lipinski definition) is 6. The molecule has 0 fully saturated rings. The molecule has 108 valence electrons. The smallest absolute Gasteiger partial charge is 0.308 e. The van der Waals surface area contributed by atoms with Crippen LogP contribution < -0.4 is 0 Å². The van der Waals surface area contributed by atoms with Crippen molar-refractivity contribution in [1.82, 2.24) is 9.97 Å². The van der Waals surface area contributed by atoms with Crippen molar-refractivity contribution < 1.29 is 9.90 Å². The monoisotopic (exact) mass is 328 g/mol. The minimum Gasteiger partial charge on any atom is -0.481 e. The molecule has 0 bridgehead atoms. The number of rotatable bonds is 7. The van der Waals surface area contributed by atoms with Gasteiger partial charge in [0.25, 0.3) is 0 Å². The summed E-state index contributed by atoms with van der Waals surface area (Å²) in [6, 6.07) is 0. The van der Waals surface area contributed by atoms with E-state index in [4.69, 9.17) is 5.11 Å². The molecule has 4 nitrogen and oxygen atoms in total. The van der Waals surface area contributed by atoms with Crippen molar-refractivity contribution in [2.75, 3.05) is 0 Å². The Morgan fingerprint density at radius 3 is 2.95 bits per heavy atom. The van der Waals surface area contributed by atoms with Gasteiger partial charge in [-0.15, -0.1) is 22.7 Å². The van der Waals surface area contributed by atoms with Crippen LogP contribution in [0.4, 0.5) is 0 Å². The maximum absolute atomic E-state index is 10.7. The summed E-state index contributed by atoms with van der Waals surface area (Å²) in [5.41, 5.74) is 1.90. The fourth-order valence-electron chi connectivity index (χ4n) is 1.64. The molecule has 0 aliphatic rings. The SMILES string of the molecule is CCCc1nc(CSc2nc(C)c(CC(=O)O)s2)cs1. The molecule has 0 aliphatic carbocycles. The molecule has 0 atom stereocenters. The third-order valence-corrected chi connectivity index (χ3v) is 5.88. The Morgan fingerprint density at radius 1 is 1.45 bits per heavy atom. The highest BCUT2D eigenvalue weighted by molar-refractivity contribution is 8.00. The van der Waals surface area contributed by atoms with Crippen LogP contribution in [0.25, 0.3) is 0 Å². The number of thiazole rings is 2. The van der Waals surface area contributed by atoms with Crippen molar-refractivity contribution in [3.05, 3.63) is 26.7 Å². The summed E-state index contributed by atoms with van der Waals surface area (Å²) in [6.07, 6.45) is 2.21. The van der Waals surface area contributed by atoms with Crippen LogP contribution in [0.1, 0.15) is 34.6 Å². The minimum absolute atomic E-state index is 0.0570. The van der Waals surface area contributed by atoms with Crippen molar-refractivity contribution in [2.45, 2.75) is 43.2 Å². The number of aliphatic carboxylic acids is 1. The maximum Gasteiger partial charge on any atom is 0.308 e. The molecule has 2 heterocycles. The summed E-state index contributed by atoms with van der Waals surface area (Å²) in [6.45, 7) is 4.01. The lowest BCUT2D eigenvalue weighted by Gasteiger charge is -1.93. The zero-order valence-electron chi connectivity index (χ0n) is 11.4. The first-order valence-corrected chi connectivity index (χ1v) is 9.00. The topological polar surface area (TPSA) is 63.1 Å². The van der Waals surface area contributed by atoms with Gasteiger partial charge >= 0.3 is 5.97 Å². The van der Waals surface area contributed by atoms with Crippen molar-refractivity contribution in [3.63, 3.8) is 0 Å². The lowest BCUT2D eigenvalue weighted by molar-refractivity contribution is -0.136. The number of nitrogens with zero attached hydrogens (tertiary/aromatic N) is 2. The zero-order valence-corrected chi connectivity index (χ0v) is 13.8. The van der Waals surface area contributed by atoms with E-state index >= 15 is 0 Å². The fourth-order valence-corrected chi connectivity index (χ4v) is 4.77. The first-order valence-electron chi connectivity index (χ1n) is 6.32. The van der Waals surface area contributed by atoms with E-state index in [0.717, 1.165) is 39.2 Å². The van der Waals surface area contributed by atoms with Crippen LogP contribution in [-0.2, 0) is 23.4 Å². The number of hydrogen-bond donors (Lipinski definition) is 1. The molecular formula is C13H16N2O2S3. The highest BCUT2D eigenvalue weighted by atomic mass is 32.2. The van der Waals surface area contributed by atoms with E-state index in [2.05, 4.69) is 22.3 Å². The molecule has 0 unspecified atom stereocenters. The molecule has 0 saturated heterocycles. The third-order valence-electron chi connectivity index (χ3n) is 2.59. The van der Waals surface area contributed by atoms with Gasteiger partial charge in [0.15, 0.2) is 4.34 Å². The normalized spacial score (nSPS) is 10.9. The van der Waals surface area contributed by atoms with E-state index < -0.39 is 5.97 Å². The quantitative estimate of drug-likeness (QED) is 0.784. The summed E-state index contributed by atoms with van der Waals surface area (Å²) in [4.78, 5) is 20.6. The van der Waals surface area contributed by atoms with Crippen LogP contribution in [0.3, 0.4) is 0 Å². The molecule has 7 heteroatoms. The van der Waals surface area contributed by atoms with E-state index in [-0.39, 0.29) is 6.42 Å². The van der Waals surface area contributed by atoms with Crippen LogP contribution in [0, 0.1) is 6.92 Å². The summed E-state index contributed by atoms with van der Waals surface area (Å²) in [7, 11) is 0. The van der Waals surface area contributed by atoms with E-state index in [1.807, 2.05) is 6.92 Å². The van der Waals surface area contributed by atoms with Gasteiger partial charge in [-0.1, -0.05) is 18.7 Å². The molecule has 0 radical (unpaired) electrons. The highest BCUT2D eigenvalue weighted by Crippen LogP contribution is 2.30. The molecule has 0 aliphatic heterocycles. The predicted molar refractivity (Wildman–Crippen MR) is 83.9 cm³/mol. The molecule has 0 amide bonds. The number of carbonyl (C=O) groups is 1. The van der Waals surface area contributed by atoms with Gasteiger partial charge in [0.05, 0.1) is 22.8 Å². The van der Waals surface area contributed by atoms with Crippen LogP contribution in [-0.4, -0.2) is 21.0 Å². The molecule has 0 saturated carbocycles.